The van der Waals surface area contributed by atoms with E-state index in [-0.39, 0.29) is 6.71 Å². The van der Waals surface area contributed by atoms with Gasteiger partial charge in [0.1, 0.15) is 0 Å². The van der Waals surface area contributed by atoms with Crippen LogP contribution < -0.4 is 5.46 Å². The number of likely N-dealkylation sites (tertiary alicyclic amines) is 1. The Balaban J connectivity index is 1.33. The van der Waals surface area contributed by atoms with Crippen molar-refractivity contribution in [1.82, 2.24) is 14.9 Å². The van der Waals surface area contributed by atoms with Gasteiger partial charge in [-0.3, -0.25) is 4.90 Å². The van der Waals surface area contributed by atoms with Crippen LogP contribution in [0.3, 0.4) is 0 Å². The van der Waals surface area contributed by atoms with Crippen LogP contribution in [0.1, 0.15) is 23.5 Å². The molecule has 0 radical (unpaired) electrons. The first-order valence-corrected chi connectivity index (χ1v) is 9.17. The zero-order chi connectivity index (χ0) is 17.5. The Kier molecular flexibility index (Phi) is 3.65. The zero-order valence-corrected chi connectivity index (χ0v) is 14.5. The average Bonchev–Trinajstić information content (AvgIpc) is 3.40. The molecule has 1 fully saturated rings. The molecule has 0 bridgehead atoms. The molecule has 3 aromatic rings. The highest BCUT2D eigenvalue weighted by molar-refractivity contribution is 6.87. The molecule has 126 valence electrons. The van der Waals surface area contributed by atoms with Crippen molar-refractivity contribution >= 4 is 28.8 Å². The largest absolute Gasteiger partial charge is 0.345 e. The minimum absolute atomic E-state index is 0.0950. The van der Waals surface area contributed by atoms with E-state index in [2.05, 4.69) is 63.2 Å². The van der Waals surface area contributed by atoms with Crippen molar-refractivity contribution < 1.29 is 0 Å². The van der Waals surface area contributed by atoms with E-state index in [1.54, 1.807) is 6.33 Å². The molecule has 1 N–H and O–H groups in total. The molecule has 0 spiro atoms. The van der Waals surface area contributed by atoms with Crippen molar-refractivity contribution in [3.8, 4) is 5.97 Å². The molecule has 1 atom stereocenters. The van der Waals surface area contributed by atoms with Crippen LogP contribution in [-0.4, -0.2) is 41.2 Å². The third-order valence-electron chi connectivity index (χ3n) is 5.73. The third kappa shape index (κ3) is 2.54. The lowest BCUT2D eigenvalue weighted by molar-refractivity contribution is 0.377. The average molecular weight is 338 g/mol. The van der Waals surface area contributed by atoms with Gasteiger partial charge in [0.15, 0.2) is 0 Å². The molecule has 2 aliphatic heterocycles. The number of H-pyrrole nitrogens is 1. The summed E-state index contributed by atoms with van der Waals surface area (Å²) in [5.74, 6) is 5.13. The molecule has 1 unspecified atom stereocenters. The summed E-state index contributed by atoms with van der Waals surface area (Å²) in [5.41, 5.74) is 7.24. The van der Waals surface area contributed by atoms with Crippen LogP contribution in [-0.2, 0) is 0 Å². The van der Waals surface area contributed by atoms with Gasteiger partial charge in [0.05, 0.1) is 17.4 Å². The molecule has 3 heterocycles. The van der Waals surface area contributed by atoms with Crippen LogP contribution in [0.15, 0.2) is 54.8 Å². The van der Waals surface area contributed by atoms with Crippen molar-refractivity contribution in [2.45, 2.75) is 12.3 Å². The maximum Gasteiger partial charge on any atom is 0.326 e. The van der Waals surface area contributed by atoms with Gasteiger partial charge in [0, 0.05) is 19.1 Å². The van der Waals surface area contributed by atoms with E-state index < -0.39 is 0 Å². The van der Waals surface area contributed by atoms with E-state index in [4.69, 9.17) is 0 Å². The van der Waals surface area contributed by atoms with Gasteiger partial charge in [-0.15, -0.1) is 0 Å². The summed E-state index contributed by atoms with van der Waals surface area (Å²) in [6.07, 6.45) is 2.93. The first kappa shape index (κ1) is 15.4. The van der Waals surface area contributed by atoms with E-state index in [0.717, 1.165) is 36.1 Å². The highest BCUT2D eigenvalue weighted by atomic mass is 15.1. The predicted octanol–water partition coefficient (Wildman–Crippen LogP) is 2.75. The number of rotatable bonds is 3. The third-order valence-corrected chi connectivity index (χ3v) is 5.73. The monoisotopic (exact) mass is 338 g/mol. The summed E-state index contributed by atoms with van der Waals surface area (Å²) < 4.78 is 0. The number of aromatic amines is 1. The van der Waals surface area contributed by atoms with E-state index >= 15 is 0 Å². The Hall–Kier alpha value is -2.84. The minimum atomic E-state index is -0.0950. The summed E-state index contributed by atoms with van der Waals surface area (Å²) in [6, 6.07) is 14.9. The number of nitrogens with one attached hydrogen (secondary N) is 1. The molecule has 1 aromatic heterocycles. The van der Waals surface area contributed by atoms with Gasteiger partial charge in [0.2, 0.25) is 0 Å². The molecular formula is C21H19BN4. The van der Waals surface area contributed by atoms with Crippen LogP contribution in [0, 0.1) is 11.2 Å². The van der Waals surface area contributed by atoms with Crippen LogP contribution in [0.2, 0.25) is 0 Å². The number of nitriles is 1. The smallest absolute Gasteiger partial charge is 0.326 e. The van der Waals surface area contributed by atoms with Crippen LogP contribution in [0.5, 0.6) is 0 Å². The van der Waals surface area contributed by atoms with E-state index in [1.165, 1.54) is 23.1 Å². The Morgan fingerprint density at radius 1 is 1.27 bits per heavy atom. The summed E-state index contributed by atoms with van der Waals surface area (Å²) in [7, 11) is 0. The van der Waals surface area contributed by atoms with Crippen molar-refractivity contribution in [2.75, 3.05) is 19.6 Å². The lowest BCUT2D eigenvalue weighted by Gasteiger charge is -2.18. The first-order chi connectivity index (χ1) is 12.8. The highest BCUT2D eigenvalue weighted by Gasteiger charge is 2.30. The molecule has 5 heteroatoms. The topological polar surface area (TPSA) is 55.7 Å². The number of imidazole rings is 1. The highest BCUT2D eigenvalue weighted by Crippen LogP contribution is 2.31. The molecule has 2 aromatic carbocycles. The van der Waals surface area contributed by atoms with Gasteiger partial charge < -0.3 is 4.98 Å². The van der Waals surface area contributed by atoms with E-state index in [9.17, 15) is 5.26 Å². The van der Waals surface area contributed by atoms with Gasteiger partial charge in [-0.1, -0.05) is 41.8 Å². The van der Waals surface area contributed by atoms with Gasteiger partial charge in [-0.25, -0.2) is 10.2 Å². The standard InChI is InChI=1S/C21H19BN4/c23-13-22-10-17(18-3-1-2-4-19(18)22)12-26-8-7-16(11-26)15-5-6-20-21(9-15)25-14-24-20/h1-6,9-10,14,16H,7-8,11-12H2,(H,24,25). The van der Waals surface area contributed by atoms with Crippen LogP contribution in [0.4, 0.5) is 0 Å². The van der Waals surface area contributed by atoms with Gasteiger partial charge >= 0.3 is 6.71 Å². The van der Waals surface area contributed by atoms with Gasteiger partial charge in [-0.2, -0.15) is 0 Å². The minimum Gasteiger partial charge on any atom is -0.345 e. The molecule has 0 amide bonds. The SMILES string of the molecule is N#CB1C=C(CN2CCC(c3ccc4nc[nH]c4c3)C2)c2ccccc21. The second kappa shape index (κ2) is 6.15. The Morgan fingerprint density at radius 3 is 3.12 bits per heavy atom. The molecule has 2 aliphatic rings. The second-order valence-corrected chi connectivity index (χ2v) is 7.29. The molecule has 1 saturated heterocycles. The summed E-state index contributed by atoms with van der Waals surface area (Å²) in [4.78, 5) is 10.0. The number of fused-ring (bicyclic) bond motifs is 2. The summed E-state index contributed by atoms with van der Waals surface area (Å²) in [6.45, 7) is 3.00. The number of hydrogen-bond acceptors (Lipinski definition) is 3. The number of nitrogens with zero attached hydrogens (tertiary/aromatic N) is 3. The predicted molar refractivity (Wildman–Crippen MR) is 105 cm³/mol. The van der Waals surface area contributed by atoms with Crippen molar-refractivity contribution in [1.29, 1.82) is 5.26 Å². The maximum absolute atomic E-state index is 9.43. The Labute approximate surface area is 153 Å². The fourth-order valence-electron chi connectivity index (χ4n) is 4.38. The maximum atomic E-state index is 9.43. The van der Waals surface area contributed by atoms with E-state index in [1.807, 2.05) is 6.07 Å². The number of hydrogen-bond donors (Lipinski definition) is 1. The molecule has 0 saturated carbocycles. The molecule has 5 rings (SSSR count). The quantitative estimate of drug-likeness (QED) is 0.747. The Morgan fingerprint density at radius 2 is 2.19 bits per heavy atom. The number of benzene rings is 2. The first-order valence-electron chi connectivity index (χ1n) is 9.17. The number of aromatic nitrogens is 2. The van der Waals surface area contributed by atoms with E-state index in [0.29, 0.717) is 5.92 Å². The van der Waals surface area contributed by atoms with Gasteiger partial charge in [0.25, 0.3) is 0 Å². The fourth-order valence-corrected chi connectivity index (χ4v) is 4.38. The lowest BCUT2D eigenvalue weighted by Crippen LogP contribution is -2.25. The van der Waals surface area contributed by atoms with Crippen LogP contribution >= 0.6 is 0 Å². The summed E-state index contributed by atoms with van der Waals surface area (Å²) >= 11 is 0. The summed E-state index contributed by atoms with van der Waals surface area (Å²) in [5, 5.41) is 9.43. The van der Waals surface area contributed by atoms with Crippen molar-refractivity contribution in [3.05, 3.63) is 65.9 Å². The fraction of sp³-hybridized carbons (Fsp3) is 0.238. The van der Waals surface area contributed by atoms with Crippen molar-refractivity contribution in [2.24, 2.45) is 0 Å². The molecule has 4 nitrogen and oxygen atoms in total. The molecular weight excluding hydrogens is 319 g/mol. The van der Waals surface area contributed by atoms with Crippen LogP contribution in [0.25, 0.3) is 16.6 Å². The van der Waals surface area contributed by atoms with Crippen molar-refractivity contribution in [3.63, 3.8) is 0 Å². The molecule has 26 heavy (non-hydrogen) atoms. The lowest BCUT2D eigenvalue weighted by atomic mass is 9.48. The second-order valence-electron chi connectivity index (χ2n) is 7.29. The normalized spacial score (nSPS) is 19.6. The van der Waals surface area contributed by atoms with Gasteiger partial charge in [-0.05, 0) is 47.7 Å². The molecule has 0 aliphatic carbocycles. The zero-order valence-electron chi connectivity index (χ0n) is 14.5. The Bertz CT molecular complexity index is 1050.